The average molecular weight is 265 g/mol. The van der Waals surface area contributed by atoms with Crippen molar-refractivity contribution in [1.29, 1.82) is 0 Å². The Morgan fingerprint density at radius 3 is 1.50 bits per heavy atom. The van der Waals surface area contributed by atoms with E-state index in [1.54, 1.807) is 0 Å². The largest absolute Gasteiger partial charge is 0.288 e. The van der Waals surface area contributed by atoms with E-state index >= 15 is 0 Å². The van der Waals surface area contributed by atoms with Crippen LogP contribution in [0.25, 0.3) is 0 Å². The van der Waals surface area contributed by atoms with Crippen LogP contribution in [0.1, 0.15) is 70.6 Å². The first-order valence-corrected chi connectivity index (χ1v) is 7.53. The summed E-state index contributed by atoms with van der Waals surface area (Å²) in [6, 6.07) is 0. The summed E-state index contributed by atoms with van der Waals surface area (Å²) in [4.78, 5) is 10.6. The zero-order chi connectivity index (χ0) is 12.1. The quantitative estimate of drug-likeness (QED) is 0.299. The molecule has 0 heterocycles. The lowest BCUT2D eigenvalue weighted by Crippen LogP contribution is -1.86. The monoisotopic (exact) mass is 264 g/mol. The van der Waals surface area contributed by atoms with Gasteiger partial charge in [-0.3, -0.25) is 4.79 Å². The SMILES string of the molecule is O=C(S)CCCCCCCCCCCCCl. The number of hydrogen-bond acceptors (Lipinski definition) is 1. The summed E-state index contributed by atoms with van der Waals surface area (Å²) in [6.07, 6.45) is 13.3. The molecule has 16 heavy (non-hydrogen) atoms. The maximum atomic E-state index is 10.6. The zero-order valence-corrected chi connectivity index (χ0v) is 11.9. The zero-order valence-electron chi connectivity index (χ0n) is 10.2. The van der Waals surface area contributed by atoms with Gasteiger partial charge in [0, 0.05) is 12.3 Å². The lowest BCUT2D eigenvalue weighted by atomic mass is 10.1. The molecule has 0 saturated heterocycles. The van der Waals surface area contributed by atoms with Crippen molar-refractivity contribution in [2.75, 3.05) is 5.88 Å². The van der Waals surface area contributed by atoms with Crippen molar-refractivity contribution in [3.63, 3.8) is 0 Å². The minimum atomic E-state index is 0.0271. The number of unbranched alkanes of at least 4 members (excludes halogenated alkanes) is 9. The third kappa shape index (κ3) is 14.3. The number of hydrogen-bond donors (Lipinski definition) is 1. The number of rotatable bonds is 12. The van der Waals surface area contributed by atoms with Gasteiger partial charge < -0.3 is 0 Å². The summed E-state index contributed by atoms with van der Waals surface area (Å²) < 4.78 is 0. The molecule has 0 aliphatic carbocycles. The van der Waals surface area contributed by atoms with Gasteiger partial charge in [-0.2, -0.15) is 0 Å². The van der Waals surface area contributed by atoms with Crippen LogP contribution in [0.2, 0.25) is 0 Å². The summed E-state index contributed by atoms with van der Waals surface area (Å²) >= 11 is 9.35. The Morgan fingerprint density at radius 2 is 1.12 bits per heavy atom. The van der Waals surface area contributed by atoms with E-state index < -0.39 is 0 Å². The van der Waals surface area contributed by atoms with Crippen molar-refractivity contribution < 1.29 is 4.79 Å². The molecule has 0 aromatic heterocycles. The first-order chi connectivity index (χ1) is 7.77. The molecule has 0 spiro atoms. The van der Waals surface area contributed by atoms with E-state index in [1.165, 1.54) is 57.8 Å². The highest BCUT2D eigenvalue weighted by atomic mass is 35.5. The van der Waals surface area contributed by atoms with Gasteiger partial charge in [0.2, 0.25) is 0 Å². The van der Waals surface area contributed by atoms with Crippen LogP contribution in [0.3, 0.4) is 0 Å². The molecular formula is C13H25ClOS. The van der Waals surface area contributed by atoms with E-state index in [9.17, 15) is 4.79 Å². The van der Waals surface area contributed by atoms with Crippen molar-refractivity contribution in [2.24, 2.45) is 0 Å². The van der Waals surface area contributed by atoms with Crippen LogP contribution in [0, 0.1) is 0 Å². The molecule has 96 valence electrons. The van der Waals surface area contributed by atoms with Gasteiger partial charge in [0.15, 0.2) is 5.12 Å². The second-order valence-corrected chi connectivity index (χ2v) is 5.25. The number of thiol groups is 1. The Balaban J connectivity index is 2.90. The highest BCUT2D eigenvalue weighted by molar-refractivity contribution is 7.96. The van der Waals surface area contributed by atoms with Gasteiger partial charge in [0.05, 0.1) is 0 Å². The Bertz CT molecular complexity index is 162. The van der Waals surface area contributed by atoms with Crippen molar-refractivity contribution in [3.05, 3.63) is 0 Å². The first kappa shape index (κ1) is 16.3. The van der Waals surface area contributed by atoms with Gasteiger partial charge in [0.1, 0.15) is 0 Å². The van der Waals surface area contributed by atoms with Gasteiger partial charge >= 0.3 is 0 Å². The number of alkyl halides is 1. The maximum absolute atomic E-state index is 10.6. The van der Waals surface area contributed by atoms with Gasteiger partial charge in [-0.05, 0) is 12.8 Å². The average Bonchev–Trinajstić information content (AvgIpc) is 2.25. The molecule has 0 saturated carbocycles. The predicted octanol–water partition coefficient (Wildman–Crippen LogP) is 4.97. The molecular weight excluding hydrogens is 240 g/mol. The van der Waals surface area contributed by atoms with E-state index in [0.717, 1.165) is 12.3 Å². The van der Waals surface area contributed by atoms with Gasteiger partial charge in [-0.1, -0.05) is 51.4 Å². The lowest BCUT2D eigenvalue weighted by Gasteiger charge is -2.01. The molecule has 3 heteroatoms. The van der Waals surface area contributed by atoms with Crippen molar-refractivity contribution >= 4 is 29.3 Å². The van der Waals surface area contributed by atoms with E-state index in [2.05, 4.69) is 12.6 Å². The molecule has 0 aromatic carbocycles. The third-order valence-electron chi connectivity index (χ3n) is 2.77. The van der Waals surface area contributed by atoms with Crippen LogP contribution in [0.5, 0.6) is 0 Å². The molecule has 0 aliphatic heterocycles. The second kappa shape index (κ2) is 13.4. The Kier molecular flexibility index (Phi) is 13.6. The molecule has 0 radical (unpaired) electrons. The molecule has 0 N–H and O–H groups in total. The highest BCUT2D eigenvalue weighted by Gasteiger charge is 1.95. The fourth-order valence-electron chi connectivity index (χ4n) is 1.78. The molecule has 0 fully saturated rings. The van der Waals surface area contributed by atoms with Gasteiger partial charge in [-0.15, -0.1) is 24.2 Å². The smallest absolute Gasteiger partial charge is 0.185 e. The van der Waals surface area contributed by atoms with Crippen molar-refractivity contribution in [2.45, 2.75) is 70.6 Å². The lowest BCUT2D eigenvalue weighted by molar-refractivity contribution is -0.110. The summed E-state index contributed by atoms with van der Waals surface area (Å²) in [6.45, 7) is 0. The van der Waals surface area contributed by atoms with Crippen molar-refractivity contribution in [3.8, 4) is 0 Å². The Hall–Kier alpha value is 0.310. The highest BCUT2D eigenvalue weighted by Crippen LogP contribution is 2.11. The molecule has 0 bridgehead atoms. The molecule has 0 atom stereocenters. The number of carbonyl (C=O) groups excluding carboxylic acids is 1. The fraction of sp³-hybridized carbons (Fsp3) is 0.923. The van der Waals surface area contributed by atoms with E-state index in [-0.39, 0.29) is 5.12 Å². The maximum Gasteiger partial charge on any atom is 0.185 e. The molecule has 1 nitrogen and oxygen atoms in total. The van der Waals surface area contributed by atoms with Crippen LogP contribution < -0.4 is 0 Å². The summed E-state index contributed by atoms with van der Waals surface area (Å²) in [7, 11) is 0. The van der Waals surface area contributed by atoms with Gasteiger partial charge in [0.25, 0.3) is 0 Å². The standard InChI is InChI=1S/C13H25ClOS/c14-12-10-8-6-4-2-1-3-5-7-9-11-13(15)16/h1-12H2,(H,15,16). The van der Waals surface area contributed by atoms with Crippen LogP contribution in [-0.4, -0.2) is 11.0 Å². The van der Waals surface area contributed by atoms with E-state index in [1.807, 2.05) is 0 Å². The molecule has 0 aromatic rings. The summed E-state index contributed by atoms with van der Waals surface area (Å²) in [5.74, 6) is 0.809. The second-order valence-electron chi connectivity index (χ2n) is 4.37. The molecule has 0 unspecified atom stereocenters. The van der Waals surface area contributed by atoms with Crippen LogP contribution >= 0.6 is 24.2 Å². The Morgan fingerprint density at radius 1 is 0.750 bits per heavy atom. The topological polar surface area (TPSA) is 17.1 Å². The molecule has 0 rings (SSSR count). The van der Waals surface area contributed by atoms with Gasteiger partial charge in [-0.25, -0.2) is 0 Å². The van der Waals surface area contributed by atoms with Crippen molar-refractivity contribution in [1.82, 2.24) is 0 Å². The van der Waals surface area contributed by atoms with Crippen LogP contribution in [0.15, 0.2) is 0 Å². The molecule has 0 aliphatic rings. The summed E-state index contributed by atoms with van der Waals surface area (Å²) in [5.41, 5.74) is 0. The van der Waals surface area contributed by atoms with E-state index in [0.29, 0.717) is 6.42 Å². The minimum Gasteiger partial charge on any atom is -0.288 e. The fourth-order valence-corrected chi connectivity index (χ4v) is 2.13. The predicted molar refractivity (Wildman–Crippen MR) is 75.5 cm³/mol. The number of halogens is 1. The summed E-state index contributed by atoms with van der Waals surface area (Å²) in [5, 5.41) is 0.0271. The number of carbonyl (C=O) groups is 1. The Labute approximate surface area is 111 Å². The normalized spacial score (nSPS) is 10.6. The van der Waals surface area contributed by atoms with Crippen LogP contribution in [0.4, 0.5) is 0 Å². The van der Waals surface area contributed by atoms with Crippen LogP contribution in [-0.2, 0) is 4.79 Å². The minimum absolute atomic E-state index is 0.0271. The molecule has 0 amide bonds. The van der Waals surface area contributed by atoms with E-state index in [4.69, 9.17) is 11.6 Å². The first-order valence-electron chi connectivity index (χ1n) is 6.55. The third-order valence-corrected chi connectivity index (χ3v) is 3.27.